The van der Waals surface area contributed by atoms with Gasteiger partial charge in [0.25, 0.3) is 0 Å². The largest absolute Gasteiger partial charge is 0.324 e. The van der Waals surface area contributed by atoms with E-state index < -0.39 is 0 Å². The molecule has 0 N–H and O–H groups in total. The fourth-order valence-electron chi connectivity index (χ4n) is 3.07. The number of benzene rings is 1. The number of likely N-dealkylation sites (N-methyl/N-ethyl adjacent to an activating group) is 1. The molecule has 1 fully saturated rings. The number of para-hydroxylation sites is 1. The van der Waals surface area contributed by atoms with Crippen LogP contribution in [-0.2, 0) is 12.4 Å². The molecule has 1 aliphatic heterocycles. The summed E-state index contributed by atoms with van der Waals surface area (Å²) in [4.78, 5) is 7.05. The number of halogens is 2. The number of fused-ring (bicyclic) bond motifs is 1. The van der Waals surface area contributed by atoms with Crippen LogP contribution >= 0.6 is 23.2 Å². The summed E-state index contributed by atoms with van der Waals surface area (Å²) in [5.74, 6) is 1.33. The Balaban J connectivity index is 2.00. The van der Waals surface area contributed by atoms with Crippen molar-refractivity contribution in [2.24, 2.45) is 0 Å². The van der Waals surface area contributed by atoms with Crippen LogP contribution < -0.4 is 0 Å². The van der Waals surface area contributed by atoms with Gasteiger partial charge in [-0.25, -0.2) is 4.98 Å². The summed E-state index contributed by atoms with van der Waals surface area (Å²) in [6.45, 7) is 2.08. The van der Waals surface area contributed by atoms with Crippen LogP contribution in [0.25, 0.3) is 11.0 Å². The van der Waals surface area contributed by atoms with Gasteiger partial charge in [0, 0.05) is 12.6 Å². The Hall–Kier alpha value is -0.770. The maximum atomic E-state index is 6.37. The molecule has 1 aromatic heterocycles. The molecule has 20 heavy (non-hydrogen) atoms. The number of hydrogen-bond donors (Lipinski definition) is 0. The first-order chi connectivity index (χ1) is 9.70. The van der Waals surface area contributed by atoms with Crippen molar-refractivity contribution in [1.29, 1.82) is 0 Å². The highest BCUT2D eigenvalue weighted by molar-refractivity contribution is 6.35. The monoisotopic (exact) mass is 311 g/mol. The first-order valence-corrected chi connectivity index (χ1v) is 8.02. The lowest BCUT2D eigenvalue weighted by Crippen LogP contribution is -2.39. The van der Waals surface area contributed by atoms with Crippen molar-refractivity contribution in [2.45, 2.75) is 37.7 Å². The summed E-state index contributed by atoms with van der Waals surface area (Å²) in [5.41, 5.74) is 1.95. The van der Waals surface area contributed by atoms with Gasteiger partial charge < -0.3 is 9.47 Å². The second-order valence-electron chi connectivity index (χ2n) is 5.51. The smallest absolute Gasteiger partial charge is 0.124 e. The van der Waals surface area contributed by atoms with Gasteiger partial charge in [0.1, 0.15) is 5.82 Å². The summed E-state index contributed by atoms with van der Waals surface area (Å²) >= 11 is 12.4. The Labute approximate surface area is 129 Å². The number of rotatable bonds is 3. The minimum Gasteiger partial charge on any atom is -0.324 e. The van der Waals surface area contributed by atoms with E-state index in [0.29, 0.717) is 11.9 Å². The number of nitrogens with zero attached hydrogens (tertiary/aromatic N) is 3. The van der Waals surface area contributed by atoms with Crippen LogP contribution in [0.2, 0.25) is 5.02 Å². The summed E-state index contributed by atoms with van der Waals surface area (Å²) in [6, 6.07) is 6.40. The zero-order chi connectivity index (χ0) is 14.1. The molecule has 3 nitrogen and oxygen atoms in total. The third-order valence-corrected chi connectivity index (χ3v) is 4.77. The first-order valence-electron chi connectivity index (χ1n) is 7.10. The van der Waals surface area contributed by atoms with Gasteiger partial charge in [-0.2, -0.15) is 0 Å². The molecule has 0 aliphatic carbocycles. The Morgan fingerprint density at radius 3 is 2.95 bits per heavy atom. The van der Waals surface area contributed by atoms with Crippen molar-refractivity contribution in [3.05, 3.63) is 29.0 Å². The lowest BCUT2D eigenvalue weighted by atomic mass is 10.0. The van der Waals surface area contributed by atoms with Crippen molar-refractivity contribution in [2.75, 3.05) is 13.6 Å². The van der Waals surface area contributed by atoms with Gasteiger partial charge in [0.05, 0.1) is 21.9 Å². The normalized spacial score (nSPS) is 20.6. The number of piperidine rings is 1. The predicted octanol–water partition coefficient (Wildman–Crippen LogP) is 3.91. The SMILES string of the molecule is CN1CCCCC1Cn1c(CCl)nc2cccc(Cl)c21. The van der Waals surface area contributed by atoms with Gasteiger partial charge in [-0.1, -0.05) is 24.1 Å². The molecule has 2 aromatic rings. The number of imidazole rings is 1. The van der Waals surface area contributed by atoms with E-state index in [9.17, 15) is 0 Å². The zero-order valence-corrected chi connectivity index (χ0v) is 13.2. The highest BCUT2D eigenvalue weighted by atomic mass is 35.5. The Kier molecular flexibility index (Phi) is 4.20. The Morgan fingerprint density at radius 1 is 1.35 bits per heavy atom. The lowest BCUT2D eigenvalue weighted by Gasteiger charge is -2.33. The summed E-state index contributed by atoms with van der Waals surface area (Å²) < 4.78 is 2.21. The number of alkyl halides is 1. The number of aromatic nitrogens is 2. The molecule has 0 radical (unpaired) electrons. The van der Waals surface area contributed by atoms with Crippen molar-refractivity contribution < 1.29 is 0 Å². The molecule has 0 spiro atoms. The van der Waals surface area contributed by atoms with E-state index in [0.717, 1.165) is 28.4 Å². The topological polar surface area (TPSA) is 21.1 Å². The third kappa shape index (κ3) is 2.54. The molecule has 108 valence electrons. The van der Waals surface area contributed by atoms with Crippen LogP contribution in [0.1, 0.15) is 25.1 Å². The van der Waals surface area contributed by atoms with E-state index in [1.807, 2.05) is 18.2 Å². The first kappa shape index (κ1) is 14.2. The van der Waals surface area contributed by atoms with Gasteiger partial charge in [0.2, 0.25) is 0 Å². The van der Waals surface area contributed by atoms with Gasteiger partial charge in [-0.15, -0.1) is 11.6 Å². The standard InChI is InChI=1S/C15H19Cl2N3/c1-19-8-3-2-5-11(19)10-20-14(9-16)18-13-7-4-6-12(17)15(13)20/h4,6-7,11H,2-3,5,8-10H2,1H3. The molecular weight excluding hydrogens is 293 g/mol. The molecule has 1 aromatic carbocycles. The minimum atomic E-state index is 0.418. The minimum absolute atomic E-state index is 0.418. The summed E-state index contributed by atoms with van der Waals surface area (Å²) in [7, 11) is 2.20. The van der Waals surface area contributed by atoms with Crippen LogP contribution in [0.4, 0.5) is 0 Å². The quantitative estimate of drug-likeness (QED) is 0.801. The van der Waals surface area contributed by atoms with E-state index in [1.165, 1.54) is 25.8 Å². The van der Waals surface area contributed by atoms with Gasteiger partial charge >= 0.3 is 0 Å². The third-order valence-electron chi connectivity index (χ3n) is 4.23. The molecule has 1 unspecified atom stereocenters. The van der Waals surface area contributed by atoms with Gasteiger partial charge in [-0.3, -0.25) is 0 Å². The molecule has 0 bridgehead atoms. The molecule has 0 amide bonds. The molecule has 0 saturated carbocycles. The molecule has 3 rings (SSSR count). The van der Waals surface area contributed by atoms with Crippen LogP contribution in [0.15, 0.2) is 18.2 Å². The molecule has 5 heteroatoms. The summed E-state index contributed by atoms with van der Waals surface area (Å²) in [5, 5.41) is 0.754. The van der Waals surface area contributed by atoms with Crippen LogP contribution in [0, 0.1) is 0 Å². The number of hydrogen-bond acceptors (Lipinski definition) is 2. The van der Waals surface area contributed by atoms with E-state index in [1.54, 1.807) is 0 Å². The highest BCUT2D eigenvalue weighted by Crippen LogP contribution is 2.27. The van der Waals surface area contributed by atoms with Crippen LogP contribution in [0.5, 0.6) is 0 Å². The van der Waals surface area contributed by atoms with Gasteiger partial charge in [-0.05, 0) is 38.6 Å². The van der Waals surface area contributed by atoms with Crippen molar-refractivity contribution in [1.82, 2.24) is 14.5 Å². The Bertz CT molecular complexity index is 608. The van der Waals surface area contributed by atoms with Crippen molar-refractivity contribution in [3.8, 4) is 0 Å². The lowest BCUT2D eigenvalue weighted by molar-refractivity contribution is 0.168. The van der Waals surface area contributed by atoms with Crippen molar-refractivity contribution in [3.63, 3.8) is 0 Å². The molecule has 1 atom stereocenters. The van der Waals surface area contributed by atoms with Crippen molar-refractivity contribution >= 4 is 34.2 Å². The average molecular weight is 312 g/mol. The second kappa shape index (κ2) is 5.92. The van der Waals surface area contributed by atoms with E-state index in [2.05, 4.69) is 21.5 Å². The van der Waals surface area contributed by atoms with E-state index in [-0.39, 0.29) is 0 Å². The summed E-state index contributed by atoms with van der Waals surface area (Å²) in [6.07, 6.45) is 3.81. The van der Waals surface area contributed by atoms with E-state index in [4.69, 9.17) is 23.2 Å². The van der Waals surface area contributed by atoms with Crippen LogP contribution in [-0.4, -0.2) is 34.1 Å². The molecule has 2 heterocycles. The predicted molar refractivity (Wildman–Crippen MR) is 84.6 cm³/mol. The van der Waals surface area contributed by atoms with Crippen LogP contribution in [0.3, 0.4) is 0 Å². The molecular formula is C15H19Cl2N3. The fourth-order valence-corrected chi connectivity index (χ4v) is 3.55. The Morgan fingerprint density at radius 2 is 2.20 bits per heavy atom. The second-order valence-corrected chi connectivity index (χ2v) is 6.18. The van der Waals surface area contributed by atoms with Gasteiger partial charge in [0.15, 0.2) is 0 Å². The zero-order valence-electron chi connectivity index (χ0n) is 11.6. The molecule has 1 saturated heterocycles. The fraction of sp³-hybridized carbons (Fsp3) is 0.533. The highest BCUT2D eigenvalue weighted by Gasteiger charge is 2.22. The number of likely N-dealkylation sites (tertiary alicyclic amines) is 1. The average Bonchev–Trinajstić information content (AvgIpc) is 2.81. The van der Waals surface area contributed by atoms with E-state index >= 15 is 0 Å². The maximum absolute atomic E-state index is 6.37. The maximum Gasteiger partial charge on any atom is 0.124 e. The molecule has 1 aliphatic rings.